The molecular weight excluding hydrogens is 266 g/mol. The first-order chi connectivity index (χ1) is 10.2. The number of para-hydroxylation sites is 1. The molecule has 3 rings (SSSR count). The van der Waals surface area contributed by atoms with Gasteiger partial charge in [0, 0.05) is 11.1 Å². The summed E-state index contributed by atoms with van der Waals surface area (Å²) in [6.45, 7) is 0.598. The summed E-state index contributed by atoms with van der Waals surface area (Å²) in [5.74, 6) is 0.688. The van der Waals surface area contributed by atoms with Crippen LogP contribution in [0.25, 0.3) is 10.9 Å². The Balaban J connectivity index is 1.61. The number of hydrogen-bond donors (Lipinski definition) is 2. The quantitative estimate of drug-likeness (QED) is 0.703. The second-order valence-electron chi connectivity index (χ2n) is 4.92. The minimum absolute atomic E-state index is 0.206. The zero-order chi connectivity index (χ0) is 14.7. The first kappa shape index (κ1) is 13.5. The number of benzene rings is 2. The lowest BCUT2D eigenvalue weighted by molar-refractivity contribution is 0.0905. The molecule has 108 valence electrons. The van der Waals surface area contributed by atoms with Crippen molar-refractivity contribution in [2.75, 3.05) is 12.3 Å². The molecule has 1 aromatic heterocycles. The molecule has 0 amide bonds. The van der Waals surface area contributed by atoms with E-state index < -0.39 is 6.10 Å². The van der Waals surface area contributed by atoms with E-state index >= 15 is 0 Å². The first-order valence-electron chi connectivity index (χ1n) is 6.79. The van der Waals surface area contributed by atoms with Crippen molar-refractivity contribution in [3.8, 4) is 5.75 Å². The summed E-state index contributed by atoms with van der Waals surface area (Å²) in [5.41, 5.74) is 7.30. The number of aliphatic hydroxyl groups is 1. The van der Waals surface area contributed by atoms with Crippen LogP contribution in [0.4, 0.5) is 5.69 Å². The summed E-state index contributed by atoms with van der Waals surface area (Å²) >= 11 is 0. The van der Waals surface area contributed by atoms with E-state index in [-0.39, 0.29) is 6.61 Å². The summed E-state index contributed by atoms with van der Waals surface area (Å²) < 4.78 is 7.32. The van der Waals surface area contributed by atoms with E-state index in [9.17, 15) is 5.11 Å². The molecule has 2 aromatic carbocycles. The normalized spacial score (nSPS) is 12.4. The van der Waals surface area contributed by atoms with Gasteiger partial charge in [0.2, 0.25) is 0 Å². The van der Waals surface area contributed by atoms with Gasteiger partial charge in [-0.2, -0.15) is 5.10 Å². The zero-order valence-electron chi connectivity index (χ0n) is 11.5. The van der Waals surface area contributed by atoms with Crippen molar-refractivity contribution in [3.63, 3.8) is 0 Å². The topological polar surface area (TPSA) is 73.3 Å². The fourth-order valence-electron chi connectivity index (χ4n) is 2.18. The molecule has 1 unspecified atom stereocenters. The number of hydrogen-bond acceptors (Lipinski definition) is 4. The van der Waals surface area contributed by atoms with Crippen molar-refractivity contribution in [3.05, 3.63) is 54.7 Å². The van der Waals surface area contributed by atoms with Gasteiger partial charge in [-0.25, -0.2) is 0 Å². The number of ether oxygens (including phenoxy) is 1. The van der Waals surface area contributed by atoms with E-state index in [1.807, 2.05) is 24.3 Å². The van der Waals surface area contributed by atoms with Gasteiger partial charge >= 0.3 is 0 Å². The second kappa shape index (κ2) is 5.85. The molecule has 5 heteroatoms. The van der Waals surface area contributed by atoms with E-state index in [1.165, 1.54) is 0 Å². The van der Waals surface area contributed by atoms with Crippen LogP contribution in [0.5, 0.6) is 5.75 Å². The predicted molar refractivity (Wildman–Crippen MR) is 82.1 cm³/mol. The third-order valence-corrected chi connectivity index (χ3v) is 3.26. The first-order valence-corrected chi connectivity index (χ1v) is 6.79. The van der Waals surface area contributed by atoms with E-state index in [1.54, 1.807) is 35.1 Å². The molecule has 5 nitrogen and oxygen atoms in total. The summed E-state index contributed by atoms with van der Waals surface area (Å²) in [7, 11) is 0. The SMILES string of the molecule is Nc1ccc(OCC(O)Cn2ncc3ccccc32)cc1. The number of aliphatic hydroxyl groups excluding tert-OH is 1. The lowest BCUT2D eigenvalue weighted by atomic mass is 10.2. The Morgan fingerprint density at radius 2 is 1.90 bits per heavy atom. The van der Waals surface area contributed by atoms with Gasteiger partial charge in [0.25, 0.3) is 0 Å². The maximum absolute atomic E-state index is 10.1. The molecule has 0 aliphatic carbocycles. The zero-order valence-corrected chi connectivity index (χ0v) is 11.5. The third kappa shape index (κ3) is 3.14. The average molecular weight is 283 g/mol. The van der Waals surface area contributed by atoms with E-state index in [0.717, 1.165) is 10.9 Å². The van der Waals surface area contributed by atoms with Gasteiger partial charge < -0.3 is 15.6 Å². The highest BCUT2D eigenvalue weighted by molar-refractivity contribution is 5.78. The van der Waals surface area contributed by atoms with Crippen LogP contribution < -0.4 is 10.5 Å². The number of rotatable bonds is 5. The minimum atomic E-state index is -0.633. The average Bonchev–Trinajstić information content (AvgIpc) is 2.90. The number of fused-ring (bicyclic) bond motifs is 1. The van der Waals surface area contributed by atoms with Crippen LogP contribution in [-0.4, -0.2) is 27.6 Å². The van der Waals surface area contributed by atoms with Crippen molar-refractivity contribution in [2.24, 2.45) is 0 Å². The van der Waals surface area contributed by atoms with Crippen molar-refractivity contribution in [1.82, 2.24) is 9.78 Å². The molecule has 0 aliphatic heterocycles. The molecule has 0 bridgehead atoms. The van der Waals surface area contributed by atoms with Crippen LogP contribution in [0, 0.1) is 0 Å². The van der Waals surface area contributed by atoms with Gasteiger partial charge in [-0.05, 0) is 30.3 Å². The van der Waals surface area contributed by atoms with Crippen molar-refractivity contribution >= 4 is 16.6 Å². The molecule has 0 fully saturated rings. The number of anilines is 1. The minimum Gasteiger partial charge on any atom is -0.491 e. The van der Waals surface area contributed by atoms with Gasteiger partial charge in [-0.3, -0.25) is 4.68 Å². The highest BCUT2D eigenvalue weighted by Crippen LogP contribution is 2.15. The fraction of sp³-hybridized carbons (Fsp3) is 0.188. The van der Waals surface area contributed by atoms with Crippen molar-refractivity contribution in [1.29, 1.82) is 0 Å². The maximum Gasteiger partial charge on any atom is 0.119 e. The Morgan fingerprint density at radius 1 is 1.14 bits per heavy atom. The van der Waals surface area contributed by atoms with Crippen molar-refractivity contribution in [2.45, 2.75) is 12.6 Å². The molecule has 3 N–H and O–H groups in total. The van der Waals surface area contributed by atoms with Crippen LogP contribution in [0.1, 0.15) is 0 Å². The van der Waals surface area contributed by atoms with E-state index in [0.29, 0.717) is 18.0 Å². The van der Waals surface area contributed by atoms with Gasteiger partial charge in [-0.1, -0.05) is 18.2 Å². The standard InChI is InChI=1S/C16H17N3O2/c17-13-5-7-15(8-6-13)21-11-14(20)10-19-16-4-2-1-3-12(16)9-18-19/h1-9,14,20H,10-11,17H2. The highest BCUT2D eigenvalue weighted by atomic mass is 16.5. The Hall–Kier alpha value is -2.53. The summed E-state index contributed by atoms with van der Waals surface area (Å²) in [6.07, 6.45) is 1.16. The third-order valence-electron chi connectivity index (χ3n) is 3.26. The molecule has 1 atom stereocenters. The highest BCUT2D eigenvalue weighted by Gasteiger charge is 2.09. The Bertz CT molecular complexity index is 722. The lowest BCUT2D eigenvalue weighted by Gasteiger charge is -2.13. The molecule has 0 aliphatic rings. The monoisotopic (exact) mass is 283 g/mol. The lowest BCUT2D eigenvalue weighted by Crippen LogP contribution is -2.24. The Kier molecular flexibility index (Phi) is 3.75. The van der Waals surface area contributed by atoms with E-state index in [4.69, 9.17) is 10.5 Å². The molecule has 0 spiro atoms. The van der Waals surface area contributed by atoms with Crippen LogP contribution in [0.15, 0.2) is 54.7 Å². The van der Waals surface area contributed by atoms with Crippen LogP contribution in [0.2, 0.25) is 0 Å². The van der Waals surface area contributed by atoms with Crippen LogP contribution >= 0.6 is 0 Å². The second-order valence-corrected chi connectivity index (χ2v) is 4.92. The molecular formula is C16H17N3O2. The molecule has 0 radical (unpaired) electrons. The largest absolute Gasteiger partial charge is 0.491 e. The Labute approximate surface area is 122 Å². The molecule has 0 saturated heterocycles. The molecule has 21 heavy (non-hydrogen) atoms. The van der Waals surface area contributed by atoms with Gasteiger partial charge in [0.15, 0.2) is 0 Å². The van der Waals surface area contributed by atoms with Crippen LogP contribution in [-0.2, 0) is 6.54 Å². The summed E-state index contributed by atoms with van der Waals surface area (Å²) in [4.78, 5) is 0. The number of nitrogen functional groups attached to an aromatic ring is 1. The summed E-state index contributed by atoms with van der Waals surface area (Å²) in [5, 5.41) is 15.4. The number of aromatic nitrogens is 2. The number of nitrogens with zero attached hydrogens (tertiary/aromatic N) is 2. The smallest absolute Gasteiger partial charge is 0.119 e. The number of nitrogens with two attached hydrogens (primary N) is 1. The van der Waals surface area contributed by atoms with Gasteiger partial charge in [-0.15, -0.1) is 0 Å². The van der Waals surface area contributed by atoms with Gasteiger partial charge in [0.1, 0.15) is 18.5 Å². The molecule has 0 saturated carbocycles. The molecule has 1 heterocycles. The fourth-order valence-corrected chi connectivity index (χ4v) is 2.18. The Morgan fingerprint density at radius 3 is 2.71 bits per heavy atom. The van der Waals surface area contributed by atoms with Crippen LogP contribution in [0.3, 0.4) is 0 Å². The predicted octanol–water partition coefficient (Wildman–Crippen LogP) is 2.06. The van der Waals surface area contributed by atoms with Crippen molar-refractivity contribution < 1.29 is 9.84 Å². The van der Waals surface area contributed by atoms with Gasteiger partial charge in [0.05, 0.1) is 18.3 Å². The molecule has 3 aromatic rings. The van der Waals surface area contributed by atoms with E-state index in [2.05, 4.69) is 5.10 Å². The summed E-state index contributed by atoms with van der Waals surface area (Å²) in [6, 6.07) is 15.0. The maximum atomic E-state index is 10.1.